The molecule has 0 radical (unpaired) electrons. The second-order valence-electron chi connectivity index (χ2n) is 5.29. The maximum absolute atomic E-state index is 13.7. The lowest BCUT2D eigenvalue weighted by molar-refractivity contribution is 0.431. The Morgan fingerprint density at radius 2 is 2.06 bits per heavy atom. The van der Waals surface area contributed by atoms with Crippen molar-refractivity contribution in [3.8, 4) is 5.75 Å². The summed E-state index contributed by atoms with van der Waals surface area (Å²) in [6, 6.07) is 3.22. The molecule has 2 rings (SSSR count). The summed E-state index contributed by atoms with van der Waals surface area (Å²) < 4.78 is 13.7. The maximum Gasteiger partial charge on any atom is 0.175 e. The molecule has 1 aliphatic rings. The number of nitrogens with zero attached hydrogens (tertiary/aromatic N) is 2. The molecule has 0 spiro atoms. The topological polar surface area (TPSA) is 35.8 Å². The lowest BCUT2D eigenvalue weighted by atomic mass is 9.86. The van der Waals surface area contributed by atoms with Gasteiger partial charge in [0.15, 0.2) is 11.6 Å². The molecular formula is C13H17FN2O. The summed E-state index contributed by atoms with van der Waals surface area (Å²) in [5.41, 5.74) is 1.21. The average molecular weight is 236 g/mol. The van der Waals surface area contributed by atoms with Gasteiger partial charge in [0.25, 0.3) is 0 Å². The van der Waals surface area contributed by atoms with Gasteiger partial charge in [-0.05, 0) is 23.1 Å². The van der Waals surface area contributed by atoms with E-state index in [0.29, 0.717) is 18.8 Å². The highest BCUT2D eigenvalue weighted by Gasteiger charge is 2.22. The van der Waals surface area contributed by atoms with E-state index in [1.807, 2.05) is 26.8 Å². The Labute approximate surface area is 101 Å². The van der Waals surface area contributed by atoms with Gasteiger partial charge < -0.3 is 10.0 Å². The number of benzene rings is 1. The van der Waals surface area contributed by atoms with Gasteiger partial charge in [0.05, 0.1) is 18.6 Å². The molecule has 0 aliphatic carbocycles. The Kier molecular flexibility index (Phi) is 2.81. The Morgan fingerprint density at radius 3 is 2.59 bits per heavy atom. The van der Waals surface area contributed by atoms with Crippen LogP contribution in [0.25, 0.3) is 0 Å². The summed E-state index contributed by atoms with van der Waals surface area (Å²) in [4.78, 5) is 5.84. The minimum atomic E-state index is -0.576. The summed E-state index contributed by atoms with van der Waals surface area (Å²) in [6.45, 7) is 7.41. The third-order valence-corrected chi connectivity index (χ3v) is 2.91. The van der Waals surface area contributed by atoms with E-state index in [4.69, 9.17) is 0 Å². The lowest BCUT2D eigenvalue weighted by Gasteiger charge is -2.23. The highest BCUT2D eigenvalue weighted by Crippen LogP contribution is 2.35. The molecule has 0 bridgehead atoms. The van der Waals surface area contributed by atoms with E-state index in [1.54, 1.807) is 11.2 Å². The largest absolute Gasteiger partial charge is 0.503 e. The predicted octanol–water partition coefficient (Wildman–Crippen LogP) is 2.68. The van der Waals surface area contributed by atoms with Crippen LogP contribution in [0.2, 0.25) is 0 Å². The van der Waals surface area contributed by atoms with Crippen LogP contribution in [-0.2, 0) is 5.41 Å². The molecule has 3 nitrogen and oxygen atoms in total. The molecule has 0 unspecified atom stereocenters. The van der Waals surface area contributed by atoms with Crippen molar-refractivity contribution in [2.75, 3.05) is 18.0 Å². The minimum Gasteiger partial charge on any atom is -0.503 e. The van der Waals surface area contributed by atoms with Crippen molar-refractivity contribution in [1.82, 2.24) is 0 Å². The fraction of sp³-hybridized carbons (Fsp3) is 0.462. The van der Waals surface area contributed by atoms with E-state index in [2.05, 4.69) is 4.99 Å². The Bertz CT molecular complexity index is 463. The predicted molar refractivity (Wildman–Crippen MR) is 67.5 cm³/mol. The van der Waals surface area contributed by atoms with Gasteiger partial charge in [-0.3, -0.25) is 4.99 Å². The molecule has 0 fully saturated rings. The summed E-state index contributed by atoms with van der Waals surface area (Å²) in [7, 11) is 0. The highest BCUT2D eigenvalue weighted by atomic mass is 19.1. The zero-order valence-electron chi connectivity index (χ0n) is 10.4. The maximum atomic E-state index is 13.7. The quantitative estimate of drug-likeness (QED) is 0.813. The van der Waals surface area contributed by atoms with Crippen LogP contribution in [0.5, 0.6) is 5.75 Å². The Balaban J connectivity index is 2.50. The van der Waals surface area contributed by atoms with Crippen LogP contribution in [0.4, 0.5) is 10.1 Å². The van der Waals surface area contributed by atoms with Crippen LogP contribution in [0.3, 0.4) is 0 Å². The van der Waals surface area contributed by atoms with Crippen molar-refractivity contribution in [2.24, 2.45) is 4.99 Å². The number of phenols is 1. The van der Waals surface area contributed by atoms with E-state index in [0.717, 1.165) is 5.56 Å². The molecule has 0 saturated heterocycles. The van der Waals surface area contributed by atoms with E-state index >= 15 is 0 Å². The third-order valence-electron chi connectivity index (χ3n) is 2.91. The minimum absolute atomic E-state index is 0.153. The van der Waals surface area contributed by atoms with Crippen LogP contribution in [-0.4, -0.2) is 24.5 Å². The van der Waals surface area contributed by atoms with E-state index in [9.17, 15) is 9.50 Å². The molecule has 17 heavy (non-hydrogen) atoms. The summed E-state index contributed by atoms with van der Waals surface area (Å²) in [6.07, 6.45) is 1.64. The van der Waals surface area contributed by atoms with Crippen molar-refractivity contribution < 1.29 is 9.50 Å². The van der Waals surface area contributed by atoms with Gasteiger partial charge in [0, 0.05) is 6.54 Å². The van der Waals surface area contributed by atoms with Gasteiger partial charge in [-0.15, -0.1) is 0 Å². The van der Waals surface area contributed by atoms with E-state index in [1.165, 1.54) is 6.07 Å². The molecule has 0 amide bonds. The Hall–Kier alpha value is -1.58. The third kappa shape index (κ3) is 2.25. The molecule has 0 atom stereocenters. The zero-order valence-corrected chi connectivity index (χ0v) is 10.4. The first-order chi connectivity index (χ1) is 7.89. The standard InChI is InChI=1S/C13H17FN2O/c1-13(2,3)9-6-10(14)12(17)11(7-9)16-5-4-15-8-16/h6-8,17H,4-5H2,1-3H3. The van der Waals surface area contributed by atoms with Crippen LogP contribution in [0.1, 0.15) is 26.3 Å². The van der Waals surface area contributed by atoms with Crippen molar-refractivity contribution >= 4 is 12.0 Å². The normalized spacial score (nSPS) is 15.6. The van der Waals surface area contributed by atoms with Gasteiger partial charge in [0.1, 0.15) is 0 Å². The van der Waals surface area contributed by atoms with E-state index in [-0.39, 0.29) is 11.2 Å². The molecule has 1 aliphatic heterocycles. The zero-order chi connectivity index (χ0) is 12.6. The first-order valence-corrected chi connectivity index (χ1v) is 5.69. The number of hydrogen-bond acceptors (Lipinski definition) is 3. The fourth-order valence-corrected chi connectivity index (χ4v) is 1.80. The first-order valence-electron chi connectivity index (χ1n) is 5.69. The number of phenolic OH excluding ortho intramolecular Hbond substituents is 1. The van der Waals surface area contributed by atoms with Gasteiger partial charge >= 0.3 is 0 Å². The number of aromatic hydroxyl groups is 1. The second kappa shape index (κ2) is 4.02. The molecule has 1 heterocycles. The molecule has 0 saturated carbocycles. The highest BCUT2D eigenvalue weighted by molar-refractivity contribution is 5.84. The van der Waals surface area contributed by atoms with Crippen LogP contribution in [0, 0.1) is 5.82 Å². The fourth-order valence-electron chi connectivity index (χ4n) is 1.80. The van der Waals surface area contributed by atoms with Crippen molar-refractivity contribution in [1.29, 1.82) is 0 Å². The summed E-state index contributed by atoms with van der Waals surface area (Å²) >= 11 is 0. The van der Waals surface area contributed by atoms with Crippen LogP contribution in [0.15, 0.2) is 17.1 Å². The molecule has 1 aromatic carbocycles. The number of halogens is 1. The van der Waals surface area contributed by atoms with Crippen molar-refractivity contribution in [3.05, 3.63) is 23.5 Å². The summed E-state index contributed by atoms with van der Waals surface area (Å²) in [5, 5.41) is 9.77. The number of hydrogen-bond donors (Lipinski definition) is 1. The molecular weight excluding hydrogens is 219 g/mol. The molecule has 1 aromatic rings. The smallest absolute Gasteiger partial charge is 0.175 e. The number of anilines is 1. The summed E-state index contributed by atoms with van der Waals surface area (Å²) in [5.74, 6) is -0.876. The van der Waals surface area contributed by atoms with E-state index < -0.39 is 5.82 Å². The van der Waals surface area contributed by atoms with Gasteiger partial charge in [-0.25, -0.2) is 4.39 Å². The SMILES string of the molecule is CC(C)(C)c1cc(F)c(O)c(N2C=NCC2)c1. The molecule has 92 valence electrons. The molecule has 0 aromatic heterocycles. The van der Waals surface area contributed by atoms with Gasteiger partial charge in [-0.1, -0.05) is 20.8 Å². The second-order valence-corrected chi connectivity index (χ2v) is 5.29. The number of aliphatic imine (C=N–C) groups is 1. The first kappa shape index (κ1) is 11.9. The molecule has 4 heteroatoms. The van der Waals surface area contributed by atoms with Crippen LogP contribution < -0.4 is 4.90 Å². The number of rotatable bonds is 1. The van der Waals surface area contributed by atoms with Crippen molar-refractivity contribution in [2.45, 2.75) is 26.2 Å². The lowest BCUT2D eigenvalue weighted by Crippen LogP contribution is -2.20. The van der Waals surface area contributed by atoms with Crippen LogP contribution >= 0.6 is 0 Å². The Morgan fingerprint density at radius 1 is 1.35 bits per heavy atom. The van der Waals surface area contributed by atoms with Gasteiger partial charge in [0.2, 0.25) is 0 Å². The van der Waals surface area contributed by atoms with Crippen molar-refractivity contribution in [3.63, 3.8) is 0 Å². The van der Waals surface area contributed by atoms with Gasteiger partial charge in [-0.2, -0.15) is 0 Å². The monoisotopic (exact) mass is 236 g/mol. The molecule has 1 N–H and O–H groups in total. The average Bonchev–Trinajstić information content (AvgIpc) is 2.73.